The summed E-state index contributed by atoms with van der Waals surface area (Å²) in [6, 6.07) is 0.507. The molecule has 2 heterocycles. The van der Waals surface area contributed by atoms with Gasteiger partial charge in [0.1, 0.15) is 0 Å². The molecule has 0 unspecified atom stereocenters. The van der Waals surface area contributed by atoms with Crippen LogP contribution < -0.4 is 5.32 Å². The number of carbonyl (C=O) groups is 1. The molecule has 0 bridgehead atoms. The first-order valence-corrected chi connectivity index (χ1v) is 7.29. The number of rotatable bonds is 1. The van der Waals surface area contributed by atoms with Gasteiger partial charge in [0.15, 0.2) is 0 Å². The molecule has 18 heavy (non-hydrogen) atoms. The molecule has 2 aliphatic rings. The molecule has 2 rings (SSSR count). The Morgan fingerprint density at radius 2 is 1.72 bits per heavy atom. The fraction of sp³-hybridized carbons (Fsp3) is 0.929. The van der Waals surface area contributed by atoms with E-state index in [4.69, 9.17) is 0 Å². The Morgan fingerprint density at radius 1 is 1.11 bits per heavy atom. The fourth-order valence-corrected chi connectivity index (χ4v) is 3.08. The molecular formula is C14H27ClN2O. The summed E-state index contributed by atoms with van der Waals surface area (Å²) < 4.78 is 0. The summed E-state index contributed by atoms with van der Waals surface area (Å²) in [5.74, 6) is 0.714. The van der Waals surface area contributed by atoms with Crippen molar-refractivity contribution in [2.24, 2.45) is 5.92 Å². The molecule has 0 radical (unpaired) electrons. The van der Waals surface area contributed by atoms with Crippen molar-refractivity contribution in [1.29, 1.82) is 0 Å². The standard InChI is InChI=1S/C14H26N2O.ClH/c1-12-11-13(7-8-15-12)14(17)16-9-5-3-2-4-6-10-16;/h12-13,15H,2-11H2,1H3;1H/t12-,13-;/m0./s1. The van der Waals surface area contributed by atoms with E-state index in [1.165, 1.54) is 32.1 Å². The van der Waals surface area contributed by atoms with Crippen LogP contribution in [0.5, 0.6) is 0 Å². The third-order valence-corrected chi connectivity index (χ3v) is 4.14. The van der Waals surface area contributed by atoms with Gasteiger partial charge in [-0.3, -0.25) is 4.79 Å². The van der Waals surface area contributed by atoms with Gasteiger partial charge in [-0.1, -0.05) is 19.3 Å². The van der Waals surface area contributed by atoms with Crippen LogP contribution in [0.4, 0.5) is 0 Å². The Labute approximate surface area is 117 Å². The number of carbonyl (C=O) groups excluding carboxylic acids is 1. The predicted molar refractivity (Wildman–Crippen MR) is 77.1 cm³/mol. The highest BCUT2D eigenvalue weighted by atomic mass is 35.5. The topological polar surface area (TPSA) is 32.3 Å². The Morgan fingerprint density at radius 3 is 2.33 bits per heavy atom. The molecule has 3 nitrogen and oxygen atoms in total. The second-order valence-corrected chi connectivity index (χ2v) is 5.67. The van der Waals surface area contributed by atoms with Crippen molar-refractivity contribution in [2.75, 3.05) is 19.6 Å². The predicted octanol–water partition coefficient (Wildman–Crippen LogP) is 2.59. The lowest BCUT2D eigenvalue weighted by molar-refractivity contribution is -0.137. The molecule has 0 aromatic heterocycles. The maximum Gasteiger partial charge on any atom is 0.225 e. The summed E-state index contributed by atoms with van der Waals surface area (Å²) in [6.45, 7) is 5.19. The average Bonchev–Trinajstić information content (AvgIpc) is 2.28. The maximum atomic E-state index is 12.5. The van der Waals surface area contributed by atoms with Gasteiger partial charge in [-0.15, -0.1) is 12.4 Å². The highest BCUT2D eigenvalue weighted by Crippen LogP contribution is 2.20. The maximum absolute atomic E-state index is 12.5. The minimum Gasteiger partial charge on any atom is -0.342 e. The monoisotopic (exact) mass is 274 g/mol. The normalized spacial score (nSPS) is 29.9. The molecule has 0 spiro atoms. The second kappa shape index (κ2) is 8.00. The number of nitrogens with zero attached hydrogens (tertiary/aromatic N) is 1. The van der Waals surface area contributed by atoms with E-state index in [2.05, 4.69) is 17.1 Å². The zero-order chi connectivity index (χ0) is 12.1. The first kappa shape index (κ1) is 15.8. The summed E-state index contributed by atoms with van der Waals surface area (Å²) >= 11 is 0. The third-order valence-electron chi connectivity index (χ3n) is 4.14. The molecule has 4 heteroatoms. The van der Waals surface area contributed by atoms with Crippen LogP contribution in [-0.4, -0.2) is 36.5 Å². The van der Waals surface area contributed by atoms with Crippen molar-refractivity contribution in [3.63, 3.8) is 0 Å². The molecule has 106 valence electrons. The Bertz CT molecular complexity index is 252. The van der Waals surface area contributed by atoms with Crippen LogP contribution in [0, 0.1) is 5.92 Å². The molecule has 2 atom stereocenters. The zero-order valence-corrected chi connectivity index (χ0v) is 12.3. The van der Waals surface area contributed by atoms with E-state index in [0.29, 0.717) is 11.9 Å². The quantitative estimate of drug-likeness (QED) is 0.797. The number of piperidine rings is 1. The van der Waals surface area contributed by atoms with E-state index in [1.807, 2.05) is 0 Å². The Balaban J connectivity index is 0.00000162. The van der Waals surface area contributed by atoms with Gasteiger partial charge in [-0.25, -0.2) is 0 Å². The molecular weight excluding hydrogens is 248 g/mol. The van der Waals surface area contributed by atoms with E-state index in [1.54, 1.807) is 0 Å². The SMILES string of the molecule is C[C@H]1C[C@@H](C(=O)N2CCCCCCC2)CCN1.Cl. The van der Waals surface area contributed by atoms with Crippen molar-refractivity contribution in [2.45, 2.75) is 57.9 Å². The van der Waals surface area contributed by atoms with Crippen molar-refractivity contribution in [1.82, 2.24) is 10.2 Å². The van der Waals surface area contributed by atoms with Gasteiger partial charge in [0.2, 0.25) is 5.91 Å². The summed E-state index contributed by atoms with van der Waals surface area (Å²) in [7, 11) is 0. The van der Waals surface area contributed by atoms with Crippen molar-refractivity contribution < 1.29 is 4.79 Å². The highest BCUT2D eigenvalue weighted by Gasteiger charge is 2.28. The van der Waals surface area contributed by atoms with E-state index in [0.717, 1.165) is 32.5 Å². The van der Waals surface area contributed by atoms with Gasteiger partial charge < -0.3 is 10.2 Å². The minimum atomic E-state index is 0. The number of nitrogens with one attached hydrogen (secondary N) is 1. The summed E-state index contributed by atoms with van der Waals surface area (Å²) in [5, 5.41) is 3.42. The zero-order valence-electron chi connectivity index (χ0n) is 11.5. The first-order chi connectivity index (χ1) is 8.27. The molecule has 0 aromatic rings. The minimum absolute atomic E-state index is 0. The number of amides is 1. The highest BCUT2D eigenvalue weighted by molar-refractivity contribution is 5.85. The van der Waals surface area contributed by atoms with Crippen LogP contribution >= 0.6 is 12.4 Å². The van der Waals surface area contributed by atoms with E-state index in [-0.39, 0.29) is 18.3 Å². The van der Waals surface area contributed by atoms with E-state index < -0.39 is 0 Å². The fourth-order valence-electron chi connectivity index (χ4n) is 3.08. The van der Waals surface area contributed by atoms with Gasteiger partial charge in [0, 0.05) is 25.0 Å². The van der Waals surface area contributed by atoms with Gasteiger partial charge in [-0.05, 0) is 39.2 Å². The number of halogens is 1. The second-order valence-electron chi connectivity index (χ2n) is 5.67. The van der Waals surface area contributed by atoms with Crippen molar-refractivity contribution in [3.8, 4) is 0 Å². The van der Waals surface area contributed by atoms with Crippen LogP contribution in [0.15, 0.2) is 0 Å². The molecule has 2 aliphatic heterocycles. The van der Waals surface area contributed by atoms with Crippen molar-refractivity contribution in [3.05, 3.63) is 0 Å². The molecule has 0 saturated carbocycles. The molecule has 2 saturated heterocycles. The summed E-state index contributed by atoms with van der Waals surface area (Å²) in [5.41, 5.74) is 0. The molecule has 1 amide bonds. The smallest absolute Gasteiger partial charge is 0.225 e. The largest absolute Gasteiger partial charge is 0.342 e. The number of hydrogen-bond donors (Lipinski definition) is 1. The van der Waals surface area contributed by atoms with Gasteiger partial charge in [0.25, 0.3) is 0 Å². The van der Waals surface area contributed by atoms with Crippen LogP contribution in [0.2, 0.25) is 0 Å². The molecule has 2 fully saturated rings. The lowest BCUT2D eigenvalue weighted by atomic mass is 9.91. The van der Waals surface area contributed by atoms with E-state index in [9.17, 15) is 4.79 Å². The Kier molecular flexibility index (Phi) is 7.02. The number of hydrogen-bond acceptors (Lipinski definition) is 2. The van der Waals surface area contributed by atoms with Crippen LogP contribution in [-0.2, 0) is 4.79 Å². The van der Waals surface area contributed by atoms with Gasteiger partial charge in [0.05, 0.1) is 0 Å². The number of likely N-dealkylation sites (tertiary alicyclic amines) is 1. The van der Waals surface area contributed by atoms with Gasteiger partial charge >= 0.3 is 0 Å². The molecule has 0 aromatic carbocycles. The Hall–Kier alpha value is -0.280. The molecule has 0 aliphatic carbocycles. The van der Waals surface area contributed by atoms with Crippen LogP contribution in [0.1, 0.15) is 51.9 Å². The molecule has 1 N–H and O–H groups in total. The lowest BCUT2D eigenvalue weighted by Crippen LogP contribution is -2.45. The lowest BCUT2D eigenvalue weighted by Gasteiger charge is -2.33. The summed E-state index contributed by atoms with van der Waals surface area (Å²) in [6.07, 6.45) is 8.40. The van der Waals surface area contributed by atoms with Gasteiger partial charge in [-0.2, -0.15) is 0 Å². The van der Waals surface area contributed by atoms with Crippen LogP contribution in [0.3, 0.4) is 0 Å². The average molecular weight is 275 g/mol. The van der Waals surface area contributed by atoms with E-state index >= 15 is 0 Å². The van der Waals surface area contributed by atoms with Crippen LogP contribution in [0.25, 0.3) is 0 Å². The van der Waals surface area contributed by atoms with Crippen molar-refractivity contribution >= 4 is 18.3 Å². The third kappa shape index (κ3) is 4.43. The first-order valence-electron chi connectivity index (χ1n) is 7.29. The summed E-state index contributed by atoms with van der Waals surface area (Å²) in [4.78, 5) is 14.6.